The quantitative estimate of drug-likeness (QED) is 0.531. The number of aromatic nitrogens is 4. The molecule has 1 aromatic carbocycles. The highest BCUT2D eigenvalue weighted by Crippen LogP contribution is 2.52. The van der Waals surface area contributed by atoms with Crippen LogP contribution in [0.15, 0.2) is 42.7 Å². The monoisotopic (exact) mass is 497 g/mol. The van der Waals surface area contributed by atoms with E-state index in [1.807, 2.05) is 18.2 Å². The third kappa shape index (κ3) is 4.84. The minimum atomic E-state index is -3.33. The predicted molar refractivity (Wildman–Crippen MR) is 132 cm³/mol. The molecule has 3 heterocycles. The largest absolute Gasteiger partial charge is 0.378 e. The number of ether oxygens (including phenoxy) is 1. The van der Waals surface area contributed by atoms with Crippen LogP contribution in [0.25, 0.3) is 11.4 Å². The molecule has 184 valence electrons. The molecule has 1 aliphatic heterocycles. The summed E-state index contributed by atoms with van der Waals surface area (Å²) in [6, 6.07) is 8.55. The van der Waals surface area contributed by atoms with Crippen LogP contribution in [0.3, 0.4) is 0 Å². The average Bonchev–Trinajstić information content (AvgIpc) is 3.58. The van der Waals surface area contributed by atoms with Gasteiger partial charge in [0.2, 0.25) is 0 Å². The van der Waals surface area contributed by atoms with Crippen LogP contribution in [0, 0.1) is 0 Å². The Kier molecular flexibility index (Phi) is 5.93. The van der Waals surface area contributed by atoms with Gasteiger partial charge in [0.05, 0.1) is 30.8 Å². The number of amides is 2. The summed E-state index contributed by atoms with van der Waals surface area (Å²) in [7, 11) is -1.56. The minimum Gasteiger partial charge on any atom is -0.378 e. The van der Waals surface area contributed by atoms with E-state index >= 15 is 0 Å². The lowest BCUT2D eigenvalue weighted by Gasteiger charge is -2.29. The molecule has 1 saturated heterocycles. The van der Waals surface area contributed by atoms with Crippen LogP contribution in [-0.4, -0.2) is 66.8 Å². The normalized spacial score (nSPS) is 17.1. The number of anilines is 3. The number of benzene rings is 1. The van der Waals surface area contributed by atoms with E-state index in [-0.39, 0.29) is 6.03 Å². The number of nitrogens with zero attached hydrogens (tertiary/aromatic N) is 5. The molecule has 11 nitrogen and oxygen atoms in total. The zero-order chi connectivity index (χ0) is 24.6. The molecule has 12 heteroatoms. The van der Waals surface area contributed by atoms with Gasteiger partial charge in [-0.2, -0.15) is 5.10 Å². The Hall–Kier alpha value is -3.51. The van der Waals surface area contributed by atoms with E-state index in [9.17, 15) is 13.2 Å². The summed E-state index contributed by atoms with van der Waals surface area (Å²) in [5, 5.41) is 9.51. The highest BCUT2D eigenvalue weighted by molar-refractivity contribution is 7.91. The molecule has 1 aliphatic carbocycles. The van der Waals surface area contributed by atoms with Crippen LogP contribution in [0.4, 0.5) is 22.0 Å². The summed E-state index contributed by atoms with van der Waals surface area (Å²) in [5.74, 6) is 1.14. The van der Waals surface area contributed by atoms with Crippen LogP contribution in [0.5, 0.6) is 0 Å². The molecule has 0 atom stereocenters. The Bertz CT molecular complexity index is 1340. The van der Waals surface area contributed by atoms with Gasteiger partial charge in [0.1, 0.15) is 10.6 Å². The van der Waals surface area contributed by atoms with Gasteiger partial charge in [0.15, 0.2) is 15.7 Å². The first-order chi connectivity index (χ1) is 16.7. The maximum Gasteiger partial charge on any atom is 0.323 e. The number of carbonyl (C=O) groups excluding carboxylic acids is 1. The van der Waals surface area contributed by atoms with Gasteiger partial charge in [-0.25, -0.2) is 23.2 Å². The molecule has 2 aliphatic rings. The maximum absolute atomic E-state index is 12.6. The summed E-state index contributed by atoms with van der Waals surface area (Å²) in [4.78, 5) is 23.8. The van der Waals surface area contributed by atoms with Gasteiger partial charge in [-0.1, -0.05) is 0 Å². The third-order valence-corrected chi connectivity index (χ3v) is 8.33. The van der Waals surface area contributed by atoms with Gasteiger partial charge in [-0.15, -0.1) is 0 Å². The van der Waals surface area contributed by atoms with Crippen molar-refractivity contribution in [1.29, 1.82) is 0 Å². The first-order valence-electron chi connectivity index (χ1n) is 11.3. The van der Waals surface area contributed by atoms with Gasteiger partial charge >= 0.3 is 6.03 Å². The number of carbonyl (C=O) groups is 1. The van der Waals surface area contributed by atoms with E-state index in [4.69, 9.17) is 14.7 Å². The van der Waals surface area contributed by atoms with E-state index in [0.29, 0.717) is 67.9 Å². The van der Waals surface area contributed by atoms with Crippen LogP contribution in [0.1, 0.15) is 18.5 Å². The van der Waals surface area contributed by atoms with Gasteiger partial charge in [-0.3, -0.25) is 4.68 Å². The van der Waals surface area contributed by atoms with Crippen LogP contribution in [-0.2, 0) is 26.4 Å². The zero-order valence-corrected chi connectivity index (χ0v) is 20.4. The summed E-state index contributed by atoms with van der Waals surface area (Å²) in [5.41, 5.74) is 2.44. The number of morpholine rings is 1. The second kappa shape index (κ2) is 8.93. The first kappa shape index (κ1) is 23.2. The van der Waals surface area contributed by atoms with Crippen molar-refractivity contribution in [3.8, 4) is 11.4 Å². The Labute approximate surface area is 203 Å². The average molecular weight is 498 g/mol. The second-order valence-corrected chi connectivity index (χ2v) is 11.2. The summed E-state index contributed by atoms with van der Waals surface area (Å²) < 4.78 is 31.3. The molecule has 2 N–H and O–H groups in total. The maximum atomic E-state index is 12.6. The van der Waals surface area contributed by atoms with E-state index in [1.54, 1.807) is 36.3 Å². The Balaban J connectivity index is 1.41. The van der Waals surface area contributed by atoms with Crippen molar-refractivity contribution in [3.63, 3.8) is 0 Å². The van der Waals surface area contributed by atoms with Crippen LogP contribution < -0.4 is 15.5 Å². The molecule has 5 rings (SSSR count). The van der Waals surface area contributed by atoms with Gasteiger partial charge in [0, 0.05) is 49.9 Å². The number of sulfone groups is 1. The molecular weight excluding hydrogens is 470 g/mol. The molecular formula is C23H27N7O4S. The lowest BCUT2D eigenvalue weighted by molar-refractivity contribution is 0.122. The van der Waals surface area contributed by atoms with Gasteiger partial charge < -0.3 is 20.3 Å². The fraction of sp³-hybridized carbons (Fsp3) is 0.391. The van der Waals surface area contributed by atoms with Crippen molar-refractivity contribution < 1.29 is 17.9 Å². The van der Waals surface area contributed by atoms with Crippen LogP contribution in [0.2, 0.25) is 0 Å². The molecule has 0 spiro atoms. The first-order valence-corrected chi connectivity index (χ1v) is 13.2. The van der Waals surface area contributed by atoms with E-state index < -0.39 is 14.6 Å². The zero-order valence-electron chi connectivity index (χ0n) is 19.6. The van der Waals surface area contributed by atoms with E-state index in [1.165, 1.54) is 6.26 Å². The summed E-state index contributed by atoms with van der Waals surface area (Å²) in [6.07, 6.45) is 5.64. The molecule has 1 saturated carbocycles. The highest BCUT2D eigenvalue weighted by atomic mass is 32.2. The SMILES string of the molecule is Cn1cc(NC(=O)Nc2ccc(-c3nc(N4CCOCC4)cc(C4(S(C)(=O)=O)CC4)n3)cc2)cn1. The molecule has 0 unspecified atom stereocenters. The highest BCUT2D eigenvalue weighted by Gasteiger charge is 2.55. The number of aryl methyl sites for hydroxylation is 1. The fourth-order valence-corrected chi connectivity index (χ4v) is 5.49. The van der Waals surface area contributed by atoms with Crippen molar-refractivity contribution in [2.45, 2.75) is 17.6 Å². The van der Waals surface area contributed by atoms with Crippen molar-refractivity contribution in [3.05, 3.63) is 48.4 Å². The topological polar surface area (TPSA) is 131 Å². The lowest BCUT2D eigenvalue weighted by atomic mass is 10.1. The lowest BCUT2D eigenvalue weighted by Crippen LogP contribution is -2.37. The summed E-state index contributed by atoms with van der Waals surface area (Å²) in [6.45, 7) is 2.54. The Morgan fingerprint density at radius 2 is 1.74 bits per heavy atom. The number of urea groups is 1. The van der Waals surface area contributed by atoms with Crippen molar-refractivity contribution >= 4 is 33.1 Å². The minimum absolute atomic E-state index is 0.387. The van der Waals surface area contributed by atoms with E-state index in [2.05, 4.69) is 20.6 Å². The van der Waals surface area contributed by atoms with Gasteiger partial charge in [-0.05, 0) is 37.1 Å². The number of nitrogens with one attached hydrogen (secondary N) is 2. The van der Waals surface area contributed by atoms with E-state index in [0.717, 1.165) is 5.56 Å². The smallest absolute Gasteiger partial charge is 0.323 e. The molecule has 35 heavy (non-hydrogen) atoms. The Morgan fingerprint density at radius 3 is 2.34 bits per heavy atom. The molecule has 2 fully saturated rings. The number of hydrogen-bond acceptors (Lipinski definition) is 8. The molecule has 0 bridgehead atoms. The molecule has 3 aromatic rings. The van der Waals surface area contributed by atoms with Crippen LogP contribution >= 0.6 is 0 Å². The van der Waals surface area contributed by atoms with Gasteiger partial charge in [0.25, 0.3) is 0 Å². The Morgan fingerprint density at radius 1 is 1.06 bits per heavy atom. The third-order valence-electron chi connectivity index (χ3n) is 6.29. The molecule has 0 radical (unpaired) electrons. The van der Waals surface area contributed by atoms with Crippen molar-refractivity contribution in [2.75, 3.05) is 48.1 Å². The predicted octanol–water partition coefficient (Wildman–Crippen LogP) is 2.39. The standard InChI is InChI=1S/C23H27N7O4S/c1-29-15-18(14-24-29)26-22(31)25-17-5-3-16(4-6-17)21-27-19(23(7-8-23)35(2,32)33)13-20(28-21)30-9-11-34-12-10-30/h3-6,13-15H,7-12H2,1-2H3,(H2,25,26,31). The number of rotatable bonds is 6. The second-order valence-electron chi connectivity index (χ2n) is 8.86. The van der Waals surface area contributed by atoms with Crippen molar-refractivity contribution in [1.82, 2.24) is 19.7 Å². The number of hydrogen-bond donors (Lipinski definition) is 2. The summed E-state index contributed by atoms with van der Waals surface area (Å²) >= 11 is 0. The fourth-order valence-electron chi connectivity index (χ4n) is 4.16. The van der Waals surface area contributed by atoms with Crippen molar-refractivity contribution in [2.24, 2.45) is 7.05 Å². The molecule has 2 amide bonds. The molecule has 2 aromatic heterocycles.